The zero-order chi connectivity index (χ0) is 13.1. The third kappa shape index (κ3) is 2.82. The summed E-state index contributed by atoms with van der Waals surface area (Å²) in [6, 6.07) is 9.20. The molecule has 0 radical (unpaired) electrons. The second kappa shape index (κ2) is 5.76. The molecule has 2 aromatic rings. The van der Waals surface area contributed by atoms with Gasteiger partial charge in [-0.1, -0.05) is 25.1 Å². The van der Waals surface area contributed by atoms with Crippen LogP contribution in [0.25, 0.3) is 10.9 Å². The summed E-state index contributed by atoms with van der Waals surface area (Å²) >= 11 is 0. The van der Waals surface area contributed by atoms with Crippen molar-refractivity contribution in [3.8, 4) is 0 Å². The molecule has 0 saturated carbocycles. The summed E-state index contributed by atoms with van der Waals surface area (Å²) in [5.41, 5.74) is 2.62. The largest absolute Gasteiger partial charge is 0.361 e. The molecule has 3 heteroatoms. The number of piperidine rings is 1. The summed E-state index contributed by atoms with van der Waals surface area (Å²) < 4.78 is 0. The molecular weight excluding hydrogens is 234 g/mol. The van der Waals surface area contributed by atoms with Gasteiger partial charge in [-0.25, -0.2) is 0 Å². The van der Waals surface area contributed by atoms with E-state index in [4.69, 9.17) is 0 Å². The van der Waals surface area contributed by atoms with Gasteiger partial charge in [0.2, 0.25) is 0 Å². The van der Waals surface area contributed by atoms with Gasteiger partial charge in [-0.2, -0.15) is 0 Å². The van der Waals surface area contributed by atoms with Gasteiger partial charge in [0, 0.05) is 29.7 Å². The number of rotatable bonds is 4. The number of H-pyrrole nitrogens is 1. The molecule has 0 amide bonds. The first-order valence-corrected chi connectivity index (χ1v) is 7.37. The highest BCUT2D eigenvalue weighted by atomic mass is 15.1. The van der Waals surface area contributed by atoms with Gasteiger partial charge in [0.1, 0.15) is 0 Å². The van der Waals surface area contributed by atoms with E-state index in [1.165, 1.54) is 48.9 Å². The zero-order valence-electron chi connectivity index (χ0n) is 11.7. The molecule has 19 heavy (non-hydrogen) atoms. The van der Waals surface area contributed by atoms with Crippen LogP contribution < -0.4 is 5.32 Å². The molecule has 1 fully saturated rings. The Morgan fingerprint density at radius 1 is 1.26 bits per heavy atom. The number of fused-ring (bicyclic) bond motifs is 1. The molecule has 2 heterocycles. The van der Waals surface area contributed by atoms with Crippen LogP contribution in [-0.2, 0) is 6.54 Å². The molecule has 1 aliphatic heterocycles. The molecule has 102 valence electrons. The summed E-state index contributed by atoms with van der Waals surface area (Å²) in [6.45, 7) is 6.89. The van der Waals surface area contributed by atoms with Crippen molar-refractivity contribution < 1.29 is 0 Å². The summed E-state index contributed by atoms with van der Waals surface area (Å²) in [5.74, 6) is 0. The number of aromatic nitrogens is 1. The van der Waals surface area contributed by atoms with E-state index in [1.807, 2.05) is 0 Å². The second-order valence-electron chi connectivity index (χ2n) is 5.45. The first-order chi connectivity index (χ1) is 9.36. The third-order valence-corrected chi connectivity index (χ3v) is 4.29. The number of aromatic amines is 1. The van der Waals surface area contributed by atoms with Gasteiger partial charge in [-0.05, 0) is 44.1 Å². The first-order valence-electron chi connectivity index (χ1n) is 7.37. The molecule has 0 unspecified atom stereocenters. The molecule has 1 aliphatic rings. The Morgan fingerprint density at radius 3 is 2.84 bits per heavy atom. The molecule has 0 atom stereocenters. The van der Waals surface area contributed by atoms with E-state index in [0.29, 0.717) is 6.04 Å². The molecule has 0 bridgehead atoms. The molecule has 1 saturated heterocycles. The minimum absolute atomic E-state index is 0.677. The number of para-hydroxylation sites is 1. The van der Waals surface area contributed by atoms with Crippen LogP contribution >= 0.6 is 0 Å². The Hall–Kier alpha value is -1.32. The fraction of sp³-hybridized carbons (Fsp3) is 0.500. The Balaban J connectivity index is 1.58. The van der Waals surface area contributed by atoms with E-state index < -0.39 is 0 Å². The van der Waals surface area contributed by atoms with E-state index in [0.717, 1.165) is 6.54 Å². The van der Waals surface area contributed by atoms with Crippen molar-refractivity contribution in [3.05, 3.63) is 36.0 Å². The van der Waals surface area contributed by atoms with Gasteiger partial charge >= 0.3 is 0 Å². The van der Waals surface area contributed by atoms with Crippen LogP contribution in [0.4, 0.5) is 0 Å². The van der Waals surface area contributed by atoms with Crippen LogP contribution in [0, 0.1) is 0 Å². The van der Waals surface area contributed by atoms with Crippen molar-refractivity contribution in [1.29, 1.82) is 0 Å². The van der Waals surface area contributed by atoms with Crippen LogP contribution in [0.5, 0.6) is 0 Å². The van der Waals surface area contributed by atoms with Crippen LogP contribution in [-0.4, -0.2) is 35.6 Å². The predicted molar refractivity (Wildman–Crippen MR) is 80.3 cm³/mol. The van der Waals surface area contributed by atoms with Gasteiger partial charge in [-0.3, -0.25) is 0 Å². The van der Waals surface area contributed by atoms with E-state index in [-0.39, 0.29) is 0 Å². The fourth-order valence-corrected chi connectivity index (χ4v) is 2.99. The van der Waals surface area contributed by atoms with Crippen molar-refractivity contribution in [2.24, 2.45) is 0 Å². The lowest BCUT2D eigenvalue weighted by Crippen LogP contribution is -2.42. The fourth-order valence-electron chi connectivity index (χ4n) is 2.99. The van der Waals surface area contributed by atoms with E-state index in [9.17, 15) is 0 Å². The molecule has 2 N–H and O–H groups in total. The smallest absolute Gasteiger partial charge is 0.0457 e. The number of hydrogen-bond donors (Lipinski definition) is 2. The van der Waals surface area contributed by atoms with Gasteiger partial charge < -0.3 is 15.2 Å². The summed E-state index contributed by atoms with van der Waals surface area (Å²) in [5, 5.41) is 5.06. The molecule has 3 nitrogen and oxygen atoms in total. The molecular formula is C16H23N3. The van der Waals surface area contributed by atoms with Crippen molar-refractivity contribution in [1.82, 2.24) is 15.2 Å². The highest BCUT2D eigenvalue weighted by molar-refractivity contribution is 5.82. The third-order valence-electron chi connectivity index (χ3n) is 4.29. The van der Waals surface area contributed by atoms with Gasteiger partial charge in [0.25, 0.3) is 0 Å². The highest BCUT2D eigenvalue weighted by Gasteiger charge is 2.17. The average Bonchev–Trinajstić information content (AvgIpc) is 2.89. The summed E-state index contributed by atoms with van der Waals surface area (Å²) in [7, 11) is 0. The molecule has 3 rings (SSSR count). The number of benzene rings is 1. The van der Waals surface area contributed by atoms with E-state index in [2.05, 4.69) is 52.6 Å². The standard InChI is InChI=1S/C16H23N3/c1-2-19-9-7-14(8-10-19)17-11-13-12-18-16-6-4-3-5-15(13)16/h3-6,12,14,17-18H,2,7-11H2,1H3. The molecule has 1 aromatic heterocycles. The lowest BCUT2D eigenvalue weighted by Gasteiger charge is -2.31. The number of nitrogens with zero attached hydrogens (tertiary/aromatic N) is 1. The monoisotopic (exact) mass is 257 g/mol. The Kier molecular flexibility index (Phi) is 3.85. The van der Waals surface area contributed by atoms with Crippen LogP contribution in [0.1, 0.15) is 25.3 Å². The lowest BCUT2D eigenvalue weighted by atomic mass is 10.0. The van der Waals surface area contributed by atoms with Crippen molar-refractivity contribution in [2.45, 2.75) is 32.4 Å². The number of nitrogens with one attached hydrogen (secondary N) is 2. The SMILES string of the molecule is CCN1CCC(NCc2c[nH]c3ccccc23)CC1. The van der Waals surface area contributed by atoms with Gasteiger partial charge in [-0.15, -0.1) is 0 Å². The topological polar surface area (TPSA) is 31.1 Å². The van der Waals surface area contributed by atoms with Crippen LogP contribution in [0.15, 0.2) is 30.5 Å². The number of hydrogen-bond acceptors (Lipinski definition) is 2. The zero-order valence-corrected chi connectivity index (χ0v) is 11.7. The second-order valence-corrected chi connectivity index (χ2v) is 5.45. The van der Waals surface area contributed by atoms with E-state index >= 15 is 0 Å². The highest BCUT2D eigenvalue weighted by Crippen LogP contribution is 2.18. The maximum Gasteiger partial charge on any atom is 0.0457 e. The maximum absolute atomic E-state index is 3.71. The lowest BCUT2D eigenvalue weighted by molar-refractivity contribution is 0.206. The quantitative estimate of drug-likeness (QED) is 0.882. The van der Waals surface area contributed by atoms with Crippen molar-refractivity contribution in [3.63, 3.8) is 0 Å². The maximum atomic E-state index is 3.71. The molecule has 0 aliphatic carbocycles. The van der Waals surface area contributed by atoms with Gasteiger partial charge in [0.15, 0.2) is 0 Å². The Morgan fingerprint density at radius 2 is 2.05 bits per heavy atom. The van der Waals surface area contributed by atoms with E-state index in [1.54, 1.807) is 0 Å². The van der Waals surface area contributed by atoms with Crippen LogP contribution in [0.3, 0.4) is 0 Å². The van der Waals surface area contributed by atoms with Gasteiger partial charge in [0.05, 0.1) is 0 Å². The van der Waals surface area contributed by atoms with Crippen molar-refractivity contribution in [2.75, 3.05) is 19.6 Å². The minimum atomic E-state index is 0.677. The minimum Gasteiger partial charge on any atom is -0.361 e. The molecule has 1 aromatic carbocycles. The first kappa shape index (κ1) is 12.7. The number of likely N-dealkylation sites (tertiary alicyclic amines) is 1. The normalized spacial score (nSPS) is 18.2. The predicted octanol–water partition coefficient (Wildman–Crippen LogP) is 2.74. The summed E-state index contributed by atoms with van der Waals surface area (Å²) in [4.78, 5) is 5.88. The summed E-state index contributed by atoms with van der Waals surface area (Å²) in [6.07, 6.45) is 4.69. The molecule has 0 spiro atoms. The average molecular weight is 257 g/mol. The Labute approximate surface area is 115 Å². The van der Waals surface area contributed by atoms with Crippen LogP contribution in [0.2, 0.25) is 0 Å². The van der Waals surface area contributed by atoms with Crippen molar-refractivity contribution >= 4 is 10.9 Å². The Bertz CT molecular complexity index is 524.